The fraction of sp³-hybridized carbons (Fsp3) is 0.0909. The SMILES string of the molecule is Cc1cccc2c(=O)cc(C=S)oc12. The lowest BCUT2D eigenvalue weighted by molar-refractivity contribution is 0.593. The molecule has 1 aromatic heterocycles. The van der Waals surface area contributed by atoms with Crippen LogP contribution in [-0.2, 0) is 0 Å². The van der Waals surface area contributed by atoms with Gasteiger partial charge in [-0.2, -0.15) is 0 Å². The van der Waals surface area contributed by atoms with Crippen molar-refractivity contribution in [3.05, 3.63) is 45.8 Å². The Balaban J connectivity index is 2.97. The summed E-state index contributed by atoms with van der Waals surface area (Å²) in [6.07, 6.45) is 0. The summed E-state index contributed by atoms with van der Waals surface area (Å²) in [6, 6.07) is 6.90. The van der Waals surface area contributed by atoms with Gasteiger partial charge in [0.15, 0.2) is 5.43 Å². The molecule has 2 nitrogen and oxygen atoms in total. The molecule has 0 atom stereocenters. The molecule has 1 aromatic carbocycles. The average Bonchev–Trinajstić information content (AvgIpc) is 2.19. The van der Waals surface area contributed by atoms with Crippen molar-refractivity contribution in [1.82, 2.24) is 0 Å². The van der Waals surface area contributed by atoms with Crippen LogP contribution in [0.2, 0.25) is 0 Å². The zero-order valence-corrected chi connectivity index (χ0v) is 8.43. The van der Waals surface area contributed by atoms with Crippen LogP contribution in [0, 0.1) is 6.92 Å². The standard InChI is InChI=1S/C11H8O2S/c1-7-3-2-4-9-10(12)5-8(6-14)13-11(7)9/h2-6H,1H3. The van der Waals surface area contributed by atoms with E-state index in [1.165, 1.54) is 11.4 Å². The fourth-order valence-electron chi connectivity index (χ4n) is 1.39. The van der Waals surface area contributed by atoms with E-state index in [4.69, 9.17) is 16.6 Å². The Labute approximate surface area is 86.2 Å². The highest BCUT2D eigenvalue weighted by atomic mass is 32.1. The van der Waals surface area contributed by atoms with E-state index in [-0.39, 0.29) is 5.43 Å². The number of para-hydroxylation sites is 1. The van der Waals surface area contributed by atoms with Crippen molar-refractivity contribution in [2.24, 2.45) is 0 Å². The molecular weight excluding hydrogens is 196 g/mol. The molecule has 0 aliphatic carbocycles. The van der Waals surface area contributed by atoms with Gasteiger partial charge in [0, 0.05) is 11.4 Å². The van der Waals surface area contributed by atoms with Gasteiger partial charge < -0.3 is 4.42 Å². The quantitative estimate of drug-likeness (QED) is 0.668. The first-order valence-electron chi connectivity index (χ1n) is 4.21. The summed E-state index contributed by atoms with van der Waals surface area (Å²) in [5.41, 5.74) is 1.51. The first-order valence-corrected chi connectivity index (χ1v) is 4.68. The van der Waals surface area contributed by atoms with Crippen LogP contribution in [0.25, 0.3) is 11.0 Å². The minimum atomic E-state index is -0.0500. The Hall–Kier alpha value is -1.48. The number of benzene rings is 1. The molecule has 2 rings (SSSR count). The molecule has 0 saturated carbocycles. The normalized spacial score (nSPS) is 10.4. The number of hydrogen-bond donors (Lipinski definition) is 0. The van der Waals surface area contributed by atoms with Gasteiger partial charge in [0.2, 0.25) is 0 Å². The van der Waals surface area contributed by atoms with Crippen molar-refractivity contribution in [3.8, 4) is 0 Å². The van der Waals surface area contributed by atoms with E-state index in [1.54, 1.807) is 6.07 Å². The zero-order valence-electron chi connectivity index (χ0n) is 7.61. The summed E-state index contributed by atoms with van der Waals surface area (Å²) < 4.78 is 5.46. The first kappa shape index (κ1) is 9.09. The van der Waals surface area contributed by atoms with E-state index < -0.39 is 0 Å². The molecular formula is C11H8O2S. The average molecular weight is 204 g/mol. The maximum atomic E-state index is 11.6. The molecule has 0 saturated heterocycles. The molecule has 2 aromatic rings. The lowest BCUT2D eigenvalue weighted by atomic mass is 10.1. The molecule has 0 fully saturated rings. The Morgan fingerprint density at radius 1 is 1.43 bits per heavy atom. The summed E-state index contributed by atoms with van der Waals surface area (Å²) in [5.74, 6) is 0.437. The summed E-state index contributed by atoms with van der Waals surface area (Å²) >= 11 is 4.73. The molecule has 0 radical (unpaired) electrons. The highest BCUT2D eigenvalue weighted by Gasteiger charge is 2.04. The van der Waals surface area contributed by atoms with Crippen LogP contribution in [0.3, 0.4) is 0 Å². The third-order valence-corrected chi connectivity index (χ3v) is 2.32. The van der Waals surface area contributed by atoms with Gasteiger partial charge in [-0.1, -0.05) is 24.4 Å². The van der Waals surface area contributed by atoms with Gasteiger partial charge in [0.05, 0.1) is 5.39 Å². The molecule has 0 aliphatic rings. The second-order valence-corrected chi connectivity index (χ2v) is 3.32. The molecule has 14 heavy (non-hydrogen) atoms. The van der Waals surface area contributed by atoms with E-state index in [9.17, 15) is 4.79 Å². The van der Waals surface area contributed by atoms with Crippen molar-refractivity contribution in [1.29, 1.82) is 0 Å². The van der Waals surface area contributed by atoms with Crippen molar-refractivity contribution >= 4 is 28.6 Å². The zero-order chi connectivity index (χ0) is 10.1. The monoisotopic (exact) mass is 204 g/mol. The topological polar surface area (TPSA) is 30.2 Å². The van der Waals surface area contributed by atoms with E-state index in [1.807, 2.05) is 19.1 Å². The minimum absolute atomic E-state index is 0.0500. The van der Waals surface area contributed by atoms with Crippen molar-refractivity contribution in [2.75, 3.05) is 0 Å². The maximum absolute atomic E-state index is 11.6. The number of rotatable bonds is 1. The predicted octanol–water partition coefficient (Wildman–Crippen LogP) is 2.45. The van der Waals surface area contributed by atoms with Gasteiger partial charge >= 0.3 is 0 Å². The number of aryl methyl sites for hydroxylation is 1. The highest BCUT2D eigenvalue weighted by molar-refractivity contribution is 7.79. The molecule has 0 N–H and O–H groups in total. The van der Waals surface area contributed by atoms with Crippen LogP contribution in [0.15, 0.2) is 33.5 Å². The number of fused-ring (bicyclic) bond motifs is 1. The summed E-state index contributed by atoms with van der Waals surface area (Å²) in [6.45, 7) is 1.90. The molecule has 0 amide bonds. The third-order valence-electron chi connectivity index (χ3n) is 2.09. The van der Waals surface area contributed by atoms with Gasteiger partial charge in [0.25, 0.3) is 0 Å². The van der Waals surface area contributed by atoms with Gasteiger partial charge in [-0.3, -0.25) is 4.79 Å². The van der Waals surface area contributed by atoms with E-state index in [2.05, 4.69) is 0 Å². The Morgan fingerprint density at radius 3 is 2.93 bits per heavy atom. The van der Waals surface area contributed by atoms with Gasteiger partial charge in [-0.25, -0.2) is 0 Å². The van der Waals surface area contributed by atoms with Crippen molar-refractivity contribution in [3.63, 3.8) is 0 Å². The summed E-state index contributed by atoms with van der Waals surface area (Å²) in [5, 5.41) is 1.97. The van der Waals surface area contributed by atoms with Crippen LogP contribution in [-0.4, -0.2) is 5.37 Å². The third kappa shape index (κ3) is 1.36. The Morgan fingerprint density at radius 2 is 2.21 bits per heavy atom. The lowest BCUT2D eigenvalue weighted by Crippen LogP contribution is -2.01. The molecule has 0 unspecified atom stereocenters. The fourth-order valence-corrected chi connectivity index (χ4v) is 1.51. The van der Waals surface area contributed by atoms with Gasteiger partial charge in [-0.05, 0) is 18.6 Å². The van der Waals surface area contributed by atoms with E-state index in [0.717, 1.165) is 5.56 Å². The van der Waals surface area contributed by atoms with Crippen molar-refractivity contribution < 1.29 is 4.42 Å². The summed E-state index contributed by atoms with van der Waals surface area (Å²) in [7, 11) is 0. The number of hydrogen-bond acceptors (Lipinski definition) is 3. The van der Waals surface area contributed by atoms with Crippen LogP contribution in [0.4, 0.5) is 0 Å². The maximum Gasteiger partial charge on any atom is 0.193 e. The first-order chi connectivity index (χ1) is 6.72. The van der Waals surface area contributed by atoms with Crippen LogP contribution >= 0.6 is 12.2 Å². The second kappa shape index (κ2) is 3.35. The second-order valence-electron chi connectivity index (χ2n) is 3.08. The van der Waals surface area contributed by atoms with Gasteiger partial charge in [-0.15, -0.1) is 0 Å². The Bertz CT molecular complexity index is 555. The lowest BCUT2D eigenvalue weighted by Gasteiger charge is -2.00. The van der Waals surface area contributed by atoms with Crippen LogP contribution in [0.1, 0.15) is 11.3 Å². The molecule has 3 heteroatoms. The predicted molar refractivity (Wildman–Crippen MR) is 60.0 cm³/mol. The van der Waals surface area contributed by atoms with Crippen LogP contribution in [0.5, 0.6) is 0 Å². The molecule has 1 heterocycles. The molecule has 0 bridgehead atoms. The van der Waals surface area contributed by atoms with Crippen LogP contribution < -0.4 is 5.43 Å². The Kier molecular flexibility index (Phi) is 2.17. The smallest absolute Gasteiger partial charge is 0.193 e. The van der Waals surface area contributed by atoms with E-state index in [0.29, 0.717) is 16.7 Å². The highest BCUT2D eigenvalue weighted by Crippen LogP contribution is 2.15. The van der Waals surface area contributed by atoms with Gasteiger partial charge in [0.1, 0.15) is 11.3 Å². The minimum Gasteiger partial charge on any atom is -0.455 e. The van der Waals surface area contributed by atoms with Crippen molar-refractivity contribution in [2.45, 2.75) is 6.92 Å². The molecule has 70 valence electrons. The molecule has 0 spiro atoms. The summed E-state index contributed by atoms with van der Waals surface area (Å²) in [4.78, 5) is 11.6. The molecule has 0 aliphatic heterocycles. The largest absolute Gasteiger partial charge is 0.455 e. The number of thiocarbonyl (C=S) groups is 1. The van der Waals surface area contributed by atoms with E-state index >= 15 is 0 Å².